The molecule has 7 heteroatoms. The van der Waals surface area contributed by atoms with Crippen LogP contribution in [-0.4, -0.2) is 63.2 Å². The zero-order chi connectivity index (χ0) is 19.9. The number of aliphatic hydroxyl groups excluding tert-OH is 1. The lowest BCUT2D eigenvalue weighted by Crippen LogP contribution is -2.51. The highest BCUT2D eigenvalue weighted by Gasteiger charge is 2.32. The zero-order valence-electron chi connectivity index (χ0n) is 16.8. The molecule has 2 aliphatic heterocycles. The van der Waals surface area contributed by atoms with Crippen LogP contribution in [0.4, 0.5) is 0 Å². The number of hydrogen-bond donors (Lipinski definition) is 3. The summed E-state index contributed by atoms with van der Waals surface area (Å²) in [6.45, 7) is 5.08. The van der Waals surface area contributed by atoms with E-state index in [1.54, 1.807) is 7.11 Å². The summed E-state index contributed by atoms with van der Waals surface area (Å²) >= 11 is 0. The van der Waals surface area contributed by atoms with Crippen molar-refractivity contribution in [3.05, 3.63) is 23.3 Å². The Morgan fingerprint density at radius 1 is 1.39 bits per heavy atom. The third-order valence-electron chi connectivity index (χ3n) is 5.44. The Morgan fingerprint density at radius 2 is 2.21 bits per heavy atom. The Morgan fingerprint density at radius 3 is 3.00 bits per heavy atom. The maximum Gasteiger partial charge on any atom is 0.255 e. The number of fused-ring (bicyclic) bond motifs is 1. The highest BCUT2D eigenvalue weighted by atomic mass is 16.5. The molecular weight excluding hydrogens is 360 g/mol. The molecule has 2 aliphatic rings. The SMILES string of the molecule is COCCCC(NC(=O)c1cc(C)cc2c1OCCCO2)[C@@H]1CCNC[C@H]1O. The fourth-order valence-electron chi connectivity index (χ4n) is 4.00. The molecule has 1 aromatic carbocycles. The molecule has 1 amide bonds. The second-order valence-electron chi connectivity index (χ2n) is 7.63. The molecular formula is C21H32N2O5. The van der Waals surface area contributed by atoms with Crippen molar-refractivity contribution < 1.29 is 24.1 Å². The normalized spacial score (nSPS) is 23.0. The first kappa shape index (κ1) is 20.9. The third-order valence-corrected chi connectivity index (χ3v) is 5.44. The molecule has 7 nitrogen and oxygen atoms in total. The fourth-order valence-corrected chi connectivity index (χ4v) is 4.00. The summed E-state index contributed by atoms with van der Waals surface area (Å²) in [4.78, 5) is 13.2. The highest BCUT2D eigenvalue weighted by Crippen LogP contribution is 2.35. The van der Waals surface area contributed by atoms with Crippen molar-refractivity contribution in [3.8, 4) is 11.5 Å². The maximum atomic E-state index is 13.2. The molecule has 1 fully saturated rings. The van der Waals surface area contributed by atoms with Crippen LogP contribution in [0.5, 0.6) is 11.5 Å². The van der Waals surface area contributed by atoms with Gasteiger partial charge in [-0.25, -0.2) is 0 Å². The van der Waals surface area contributed by atoms with E-state index in [0.717, 1.165) is 37.8 Å². The minimum absolute atomic E-state index is 0.0163. The molecule has 3 atom stereocenters. The standard InChI is InChI=1S/C21H32N2O5/c1-14-11-16(20-19(12-14)27-9-4-10-28-20)21(25)23-17(5-3-8-26-2)15-6-7-22-13-18(15)24/h11-12,15,17-18,22,24H,3-10,13H2,1-2H3,(H,23,25)/t15-,17?,18+/m0/s1. The lowest BCUT2D eigenvalue weighted by Gasteiger charge is -2.35. The predicted molar refractivity (Wildman–Crippen MR) is 106 cm³/mol. The quantitative estimate of drug-likeness (QED) is 0.612. The molecule has 2 heterocycles. The number of aryl methyl sites for hydroxylation is 1. The van der Waals surface area contributed by atoms with E-state index in [4.69, 9.17) is 14.2 Å². The van der Waals surface area contributed by atoms with Crippen molar-refractivity contribution in [2.45, 2.75) is 44.8 Å². The van der Waals surface area contributed by atoms with Crippen LogP contribution in [0.15, 0.2) is 12.1 Å². The van der Waals surface area contributed by atoms with Gasteiger partial charge in [-0.15, -0.1) is 0 Å². The van der Waals surface area contributed by atoms with Crippen LogP contribution in [-0.2, 0) is 4.74 Å². The molecule has 0 saturated carbocycles. The van der Waals surface area contributed by atoms with E-state index in [1.165, 1.54) is 0 Å². The number of ether oxygens (including phenoxy) is 3. The van der Waals surface area contributed by atoms with Gasteiger partial charge in [0.15, 0.2) is 11.5 Å². The number of carbonyl (C=O) groups excluding carboxylic acids is 1. The molecule has 0 aromatic heterocycles. The van der Waals surface area contributed by atoms with Gasteiger partial charge in [0.25, 0.3) is 5.91 Å². The Kier molecular flexibility index (Phi) is 7.53. The molecule has 1 aromatic rings. The summed E-state index contributed by atoms with van der Waals surface area (Å²) in [5.74, 6) is 0.976. The number of benzene rings is 1. The van der Waals surface area contributed by atoms with E-state index in [0.29, 0.717) is 43.4 Å². The van der Waals surface area contributed by atoms with Gasteiger partial charge in [-0.2, -0.15) is 0 Å². The number of carbonyl (C=O) groups is 1. The predicted octanol–water partition coefficient (Wildman–Crippen LogP) is 1.65. The van der Waals surface area contributed by atoms with Gasteiger partial charge in [0.2, 0.25) is 0 Å². The second-order valence-corrected chi connectivity index (χ2v) is 7.63. The van der Waals surface area contributed by atoms with Crippen molar-refractivity contribution in [2.75, 3.05) is 40.0 Å². The van der Waals surface area contributed by atoms with Crippen LogP contribution >= 0.6 is 0 Å². The lowest BCUT2D eigenvalue weighted by atomic mass is 9.85. The Bertz CT molecular complexity index is 666. The summed E-state index contributed by atoms with van der Waals surface area (Å²) < 4.78 is 16.8. The maximum absolute atomic E-state index is 13.2. The molecule has 0 aliphatic carbocycles. The van der Waals surface area contributed by atoms with Gasteiger partial charge in [0.05, 0.1) is 24.9 Å². The zero-order valence-corrected chi connectivity index (χ0v) is 16.8. The average Bonchev–Trinajstić information content (AvgIpc) is 2.92. The minimum Gasteiger partial charge on any atom is -0.490 e. The minimum atomic E-state index is -0.476. The van der Waals surface area contributed by atoms with Crippen molar-refractivity contribution in [2.24, 2.45) is 5.92 Å². The molecule has 0 bridgehead atoms. The molecule has 156 valence electrons. The van der Waals surface area contributed by atoms with Gasteiger partial charge in [0, 0.05) is 38.6 Å². The molecule has 1 saturated heterocycles. The summed E-state index contributed by atoms with van der Waals surface area (Å²) in [5, 5.41) is 16.8. The highest BCUT2D eigenvalue weighted by molar-refractivity contribution is 5.98. The number of nitrogens with one attached hydrogen (secondary N) is 2. The van der Waals surface area contributed by atoms with E-state index >= 15 is 0 Å². The summed E-state index contributed by atoms with van der Waals surface area (Å²) in [5.41, 5.74) is 1.45. The first-order valence-electron chi connectivity index (χ1n) is 10.2. The van der Waals surface area contributed by atoms with Crippen molar-refractivity contribution >= 4 is 5.91 Å². The number of β-amino-alcohol motifs (C(OH)–C–C–N with tert-alkyl or cyclic N) is 1. The number of amides is 1. The molecule has 0 radical (unpaired) electrons. The molecule has 0 spiro atoms. The van der Waals surface area contributed by atoms with Gasteiger partial charge >= 0.3 is 0 Å². The van der Waals surface area contributed by atoms with Gasteiger partial charge in [-0.05, 0) is 50.4 Å². The Hall–Kier alpha value is -1.83. The molecule has 28 heavy (non-hydrogen) atoms. The van der Waals surface area contributed by atoms with Crippen LogP contribution in [0.2, 0.25) is 0 Å². The van der Waals surface area contributed by atoms with Crippen LogP contribution in [0.3, 0.4) is 0 Å². The Labute approximate surface area is 166 Å². The topological polar surface area (TPSA) is 89.1 Å². The number of rotatable bonds is 7. The van der Waals surface area contributed by atoms with E-state index in [1.807, 2.05) is 19.1 Å². The number of methoxy groups -OCH3 is 1. The monoisotopic (exact) mass is 392 g/mol. The van der Waals surface area contributed by atoms with E-state index < -0.39 is 6.10 Å². The van der Waals surface area contributed by atoms with Crippen LogP contribution in [0.1, 0.15) is 41.6 Å². The second kappa shape index (κ2) is 10.1. The van der Waals surface area contributed by atoms with E-state index in [9.17, 15) is 9.90 Å². The van der Waals surface area contributed by atoms with Gasteiger partial charge in [-0.3, -0.25) is 4.79 Å². The molecule has 3 rings (SSSR count). The fraction of sp³-hybridized carbons (Fsp3) is 0.667. The van der Waals surface area contributed by atoms with Crippen molar-refractivity contribution in [3.63, 3.8) is 0 Å². The number of aliphatic hydroxyl groups is 1. The molecule has 1 unspecified atom stereocenters. The van der Waals surface area contributed by atoms with E-state index in [-0.39, 0.29) is 17.9 Å². The lowest BCUT2D eigenvalue weighted by molar-refractivity contribution is 0.0513. The average molecular weight is 392 g/mol. The van der Waals surface area contributed by atoms with Crippen molar-refractivity contribution in [1.82, 2.24) is 10.6 Å². The first-order valence-corrected chi connectivity index (χ1v) is 10.2. The smallest absolute Gasteiger partial charge is 0.255 e. The van der Waals surface area contributed by atoms with Crippen molar-refractivity contribution in [1.29, 1.82) is 0 Å². The Balaban J connectivity index is 1.80. The van der Waals surface area contributed by atoms with Crippen LogP contribution < -0.4 is 20.1 Å². The number of hydrogen-bond acceptors (Lipinski definition) is 6. The summed E-state index contributed by atoms with van der Waals surface area (Å²) in [6.07, 6.45) is 2.71. The van der Waals surface area contributed by atoms with E-state index in [2.05, 4.69) is 10.6 Å². The third kappa shape index (κ3) is 5.16. The van der Waals surface area contributed by atoms with Crippen LogP contribution in [0, 0.1) is 12.8 Å². The molecule has 3 N–H and O–H groups in total. The summed E-state index contributed by atoms with van der Waals surface area (Å²) in [6, 6.07) is 3.63. The number of piperidine rings is 1. The van der Waals surface area contributed by atoms with Gasteiger partial charge < -0.3 is 30.0 Å². The summed E-state index contributed by atoms with van der Waals surface area (Å²) in [7, 11) is 1.67. The van der Waals surface area contributed by atoms with Gasteiger partial charge in [0.1, 0.15) is 0 Å². The van der Waals surface area contributed by atoms with Gasteiger partial charge in [-0.1, -0.05) is 0 Å². The first-order chi connectivity index (χ1) is 13.6. The largest absolute Gasteiger partial charge is 0.490 e. The van der Waals surface area contributed by atoms with Crippen LogP contribution in [0.25, 0.3) is 0 Å².